The Balaban J connectivity index is 1.62. The number of para-hydroxylation sites is 1. The highest BCUT2D eigenvalue weighted by molar-refractivity contribution is 6.30. The van der Waals surface area contributed by atoms with Crippen LogP contribution in [0.2, 0.25) is 5.02 Å². The van der Waals surface area contributed by atoms with Crippen LogP contribution in [0.5, 0.6) is 0 Å². The molecular weight excluding hydrogens is 413 g/mol. The molecule has 6 heteroatoms. The van der Waals surface area contributed by atoms with Crippen molar-refractivity contribution in [1.82, 2.24) is 9.47 Å². The average Bonchev–Trinajstić information content (AvgIpc) is 3.20. The fourth-order valence-electron chi connectivity index (χ4n) is 4.06. The van der Waals surface area contributed by atoms with Gasteiger partial charge >= 0.3 is 6.03 Å². The molecule has 31 heavy (non-hydrogen) atoms. The largest absolute Gasteiger partial charge is 0.322 e. The molecule has 0 saturated carbocycles. The van der Waals surface area contributed by atoms with Crippen molar-refractivity contribution >= 4 is 23.3 Å². The van der Waals surface area contributed by atoms with Crippen LogP contribution in [0, 0.1) is 5.82 Å². The molecular formula is C25H19ClFN3O. The van der Waals surface area contributed by atoms with Gasteiger partial charge in [-0.2, -0.15) is 0 Å². The summed E-state index contributed by atoms with van der Waals surface area (Å²) in [6.07, 6.45) is 1.99. The quantitative estimate of drug-likeness (QED) is 0.391. The lowest BCUT2D eigenvalue weighted by atomic mass is 10.0. The summed E-state index contributed by atoms with van der Waals surface area (Å²) < 4.78 is 15.7. The molecule has 1 atom stereocenters. The summed E-state index contributed by atoms with van der Waals surface area (Å²) in [5.74, 6) is -0.312. The summed E-state index contributed by atoms with van der Waals surface area (Å²) in [6, 6.07) is 24.7. The number of halogens is 2. The first kappa shape index (κ1) is 19.4. The van der Waals surface area contributed by atoms with Crippen LogP contribution in [0.25, 0.3) is 5.69 Å². The first-order chi connectivity index (χ1) is 15.1. The number of nitrogens with zero attached hydrogens (tertiary/aromatic N) is 2. The standard InChI is InChI=1S/C25H19ClFN3O/c26-19-9-13-21(14-10-19)28-25(31)30-16-18-4-1-2-5-22(18)29-15-3-6-23(29)24(30)17-7-11-20(27)12-8-17/h1-15,24H,16H2,(H,28,31)/t24-/m1/s1. The number of amides is 2. The molecule has 0 unspecified atom stereocenters. The van der Waals surface area contributed by atoms with Crippen molar-refractivity contribution < 1.29 is 9.18 Å². The number of aromatic nitrogens is 1. The van der Waals surface area contributed by atoms with Crippen LogP contribution in [-0.4, -0.2) is 15.5 Å². The van der Waals surface area contributed by atoms with Gasteiger partial charge in [0.05, 0.1) is 18.3 Å². The predicted octanol–water partition coefficient (Wildman–Crippen LogP) is 6.41. The van der Waals surface area contributed by atoms with Crippen molar-refractivity contribution in [1.29, 1.82) is 0 Å². The minimum atomic E-state index is -0.393. The minimum Gasteiger partial charge on any atom is -0.318 e. The number of rotatable bonds is 2. The molecule has 1 aliphatic heterocycles. The van der Waals surface area contributed by atoms with Crippen molar-refractivity contribution in [3.63, 3.8) is 0 Å². The topological polar surface area (TPSA) is 37.3 Å². The number of benzene rings is 3. The van der Waals surface area contributed by atoms with E-state index in [0.29, 0.717) is 17.3 Å². The molecule has 0 radical (unpaired) electrons. The van der Waals surface area contributed by atoms with Crippen LogP contribution in [0.15, 0.2) is 91.1 Å². The van der Waals surface area contributed by atoms with E-state index in [1.54, 1.807) is 41.3 Å². The maximum atomic E-state index is 13.7. The lowest BCUT2D eigenvalue weighted by molar-refractivity contribution is 0.194. The van der Waals surface area contributed by atoms with Crippen molar-refractivity contribution in [2.75, 3.05) is 5.32 Å². The number of fused-ring (bicyclic) bond motifs is 3. The molecule has 0 spiro atoms. The van der Waals surface area contributed by atoms with E-state index in [1.807, 2.05) is 42.6 Å². The van der Waals surface area contributed by atoms with Crippen molar-refractivity contribution in [3.8, 4) is 5.69 Å². The van der Waals surface area contributed by atoms with E-state index in [0.717, 1.165) is 22.5 Å². The van der Waals surface area contributed by atoms with Gasteiger partial charge in [0.15, 0.2) is 0 Å². The Morgan fingerprint density at radius 3 is 2.45 bits per heavy atom. The lowest BCUT2D eigenvalue weighted by Crippen LogP contribution is -2.37. The van der Waals surface area contributed by atoms with Crippen molar-refractivity contribution in [2.24, 2.45) is 0 Å². The Hall–Kier alpha value is -3.57. The van der Waals surface area contributed by atoms with E-state index in [-0.39, 0.29) is 11.8 Å². The molecule has 1 aliphatic rings. The fraction of sp³-hybridized carbons (Fsp3) is 0.0800. The molecule has 2 heterocycles. The number of carbonyl (C=O) groups is 1. The first-order valence-corrected chi connectivity index (χ1v) is 10.3. The average molecular weight is 432 g/mol. The highest BCUT2D eigenvalue weighted by Crippen LogP contribution is 2.37. The summed E-state index contributed by atoms with van der Waals surface area (Å²) >= 11 is 5.98. The maximum Gasteiger partial charge on any atom is 0.322 e. The fourth-order valence-corrected chi connectivity index (χ4v) is 4.19. The number of anilines is 1. The highest BCUT2D eigenvalue weighted by Gasteiger charge is 2.33. The van der Waals surface area contributed by atoms with Gasteiger partial charge in [0.2, 0.25) is 0 Å². The normalized spacial score (nSPS) is 15.0. The van der Waals surface area contributed by atoms with E-state index in [9.17, 15) is 9.18 Å². The Kier molecular flexibility index (Phi) is 4.96. The molecule has 0 fully saturated rings. The van der Waals surface area contributed by atoms with E-state index < -0.39 is 6.04 Å². The number of carbonyl (C=O) groups excluding carboxylic acids is 1. The molecule has 3 aromatic carbocycles. The van der Waals surface area contributed by atoms with Gasteiger partial charge in [-0.1, -0.05) is 41.9 Å². The molecule has 154 valence electrons. The third-order valence-electron chi connectivity index (χ3n) is 5.51. The monoisotopic (exact) mass is 431 g/mol. The van der Waals surface area contributed by atoms with E-state index in [1.165, 1.54) is 12.1 Å². The second-order valence-electron chi connectivity index (χ2n) is 7.45. The first-order valence-electron chi connectivity index (χ1n) is 9.94. The third kappa shape index (κ3) is 3.68. The van der Waals surface area contributed by atoms with Crippen LogP contribution in [-0.2, 0) is 6.54 Å². The second kappa shape index (κ2) is 7.93. The minimum absolute atomic E-state index is 0.249. The maximum absolute atomic E-state index is 13.7. The predicted molar refractivity (Wildman–Crippen MR) is 120 cm³/mol. The van der Waals surface area contributed by atoms with Crippen LogP contribution < -0.4 is 5.32 Å². The SMILES string of the molecule is O=C(Nc1ccc(Cl)cc1)N1Cc2ccccc2-n2cccc2[C@H]1c1ccc(F)cc1. The molecule has 1 aromatic heterocycles. The Labute approximate surface area is 184 Å². The van der Waals surface area contributed by atoms with Gasteiger partial charge in [-0.15, -0.1) is 0 Å². The molecule has 0 bridgehead atoms. The number of nitrogens with one attached hydrogen (secondary N) is 1. The van der Waals surface area contributed by atoms with Gasteiger partial charge in [0.1, 0.15) is 5.82 Å². The smallest absolute Gasteiger partial charge is 0.318 e. The zero-order valence-electron chi connectivity index (χ0n) is 16.5. The van der Waals surface area contributed by atoms with Crippen molar-refractivity contribution in [3.05, 3.63) is 119 Å². The summed E-state index contributed by atoms with van der Waals surface area (Å²) in [6.45, 7) is 0.402. The molecule has 0 saturated heterocycles. The van der Waals surface area contributed by atoms with E-state index >= 15 is 0 Å². The van der Waals surface area contributed by atoms with E-state index in [2.05, 4.69) is 9.88 Å². The number of hydrogen-bond donors (Lipinski definition) is 1. The summed E-state index contributed by atoms with van der Waals surface area (Å²) in [4.78, 5) is 15.3. The second-order valence-corrected chi connectivity index (χ2v) is 7.89. The van der Waals surface area contributed by atoms with Crippen LogP contribution >= 0.6 is 11.6 Å². The zero-order valence-corrected chi connectivity index (χ0v) is 17.3. The zero-order chi connectivity index (χ0) is 21.4. The van der Waals surface area contributed by atoms with Gasteiger partial charge in [-0.25, -0.2) is 9.18 Å². The molecule has 1 N–H and O–H groups in total. The molecule has 0 aliphatic carbocycles. The molecule has 4 nitrogen and oxygen atoms in total. The van der Waals surface area contributed by atoms with Gasteiger partial charge in [0, 0.05) is 22.6 Å². The summed E-state index contributed by atoms with van der Waals surface area (Å²) in [7, 11) is 0. The lowest BCUT2D eigenvalue weighted by Gasteiger charge is -2.31. The molecule has 5 rings (SSSR count). The number of urea groups is 1. The summed E-state index contributed by atoms with van der Waals surface area (Å²) in [5, 5.41) is 3.58. The van der Waals surface area contributed by atoms with E-state index in [4.69, 9.17) is 11.6 Å². The Morgan fingerprint density at radius 2 is 1.68 bits per heavy atom. The third-order valence-corrected chi connectivity index (χ3v) is 5.76. The Bertz CT molecular complexity index is 1230. The summed E-state index contributed by atoms with van der Waals surface area (Å²) in [5.41, 5.74) is 4.47. The van der Waals surface area contributed by atoms with Crippen molar-refractivity contribution in [2.45, 2.75) is 12.6 Å². The van der Waals surface area contributed by atoms with Gasteiger partial charge in [-0.05, 0) is 65.7 Å². The number of hydrogen-bond acceptors (Lipinski definition) is 1. The van der Waals surface area contributed by atoms with Gasteiger partial charge in [0.25, 0.3) is 0 Å². The molecule has 4 aromatic rings. The van der Waals surface area contributed by atoms with Gasteiger partial charge in [-0.3, -0.25) is 0 Å². The van der Waals surface area contributed by atoms with Gasteiger partial charge < -0.3 is 14.8 Å². The Morgan fingerprint density at radius 1 is 0.935 bits per heavy atom. The van der Waals surface area contributed by atoms with Crippen LogP contribution in [0.3, 0.4) is 0 Å². The molecule has 2 amide bonds. The van der Waals surface area contributed by atoms with Crippen LogP contribution in [0.4, 0.5) is 14.9 Å². The van der Waals surface area contributed by atoms with Crippen LogP contribution in [0.1, 0.15) is 22.9 Å². The highest BCUT2D eigenvalue weighted by atomic mass is 35.5.